The van der Waals surface area contributed by atoms with Crippen molar-refractivity contribution in [2.45, 2.75) is 6.92 Å². The third-order valence-corrected chi connectivity index (χ3v) is 2.03. The molecule has 0 aliphatic carbocycles. The van der Waals surface area contributed by atoms with Gasteiger partial charge in [0.1, 0.15) is 5.52 Å². The lowest BCUT2D eigenvalue weighted by molar-refractivity contribution is 0.437. The van der Waals surface area contributed by atoms with E-state index in [-0.39, 0.29) is 5.75 Å². The van der Waals surface area contributed by atoms with Gasteiger partial charge in [0.05, 0.1) is 0 Å². The highest BCUT2D eigenvalue weighted by Gasteiger charge is 2.08. The first-order chi connectivity index (χ1) is 6.20. The number of fused-ring (bicyclic) bond motifs is 1. The zero-order chi connectivity index (χ0) is 9.42. The predicted octanol–water partition coefficient (Wildman–Crippen LogP) is 2.39. The van der Waals surface area contributed by atoms with E-state index in [1.54, 1.807) is 19.1 Å². The summed E-state index contributed by atoms with van der Waals surface area (Å²) in [5, 5.41) is 10.1. The predicted molar refractivity (Wildman–Crippen MR) is 48.1 cm³/mol. The van der Waals surface area contributed by atoms with Gasteiger partial charge in [-0.2, -0.15) is 0 Å². The van der Waals surface area contributed by atoms with Gasteiger partial charge in [-0.15, -0.1) is 0 Å². The minimum absolute atomic E-state index is 0.319. The first-order valence-corrected chi connectivity index (χ1v) is 3.93. The molecule has 0 unspecified atom stereocenters. The molecule has 0 saturated carbocycles. The van der Waals surface area contributed by atoms with Crippen molar-refractivity contribution < 1.29 is 9.50 Å². The number of phenols is 1. The fraction of sp³-hybridized carbons (Fsp3) is 0.100. The highest BCUT2D eigenvalue weighted by molar-refractivity contribution is 5.87. The van der Waals surface area contributed by atoms with Crippen LogP contribution in [0.3, 0.4) is 0 Å². The van der Waals surface area contributed by atoms with Gasteiger partial charge in [-0.05, 0) is 24.6 Å². The first-order valence-electron chi connectivity index (χ1n) is 3.93. The van der Waals surface area contributed by atoms with Crippen LogP contribution in [0, 0.1) is 12.7 Å². The van der Waals surface area contributed by atoms with Crippen LogP contribution in [-0.4, -0.2) is 10.1 Å². The third-order valence-electron chi connectivity index (χ3n) is 2.03. The summed E-state index contributed by atoms with van der Waals surface area (Å²) in [5.41, 5.74) is 1.10. The highest BCUT2D eigenvalue weighted by atomic mass is 19.1. The van der Waals surface area contributed by atoms with E-state index >= 15 is 0 Å². The Kier molecular flexibility index (Phi) is 1.65. The number of benzene rings is 1. The number of aromatic hydroxyl groups is 1. The van der Waals surface area contributed by atoms with Crippen molar-refractivity contribution in [1.29, 1.82) is 0 Å². The molecule has 2 aromatic rings. The van der Waals surface area contributed by atoms with Crippen LogP contribution in [-0.2, 0) is 0 Å². The molecule has 0 fully saturated rings. The second-order valence-electron chi connectivity index (χ2n) is 2.92. The highest BCUT2D eigenvalue weighted by Crippen LogP contribution is 2.27. The zero-order valence-electron chi connectivity index (χ0n) is 7.08. The lowest BCUT2D eigenvalue weighted by Crippen LogP contribution is -1.86. The van der Waals surface area contributed by atoms with Crippen LogP contribution in [0.4, 0.5) is 4.39 Å². The molecule has 1 heterocycles. The minimum Gasteiger partial charge on any atom is -0.503 e. The third kappa shape index (κ3) is 1.13. The van der Waals surface area contributed by atoms with Gasteiger partial charge in [-0.1, -0.05) is 6.07 Å². The minimum atomic E-state index is -0.622. The van der Waals surface area contributed by atoms with Crippen molar-refractivity contribution in [2.75, 3.05) is 0 Å². The Balaban J connectivity index is 2.97. The maximum atomic E-state index is 13.0. The SMILES string of the molecule is Cc1cc(F)c(O)c2ncccc12. The number of rotatable bonds is 0. The van der Waals surface area contributed by atoms with E-state index in [1.807, 2.05) is 0 Å². The summed E-state index contributed by atoms with van der Waals surface area (Å²) in [4.78, 5) is 3.91. The molecule has 0 bridgehead atoms. The smallest absolute Gasteiger partial charge is 0.178 e. The summed E-state index contributed by atoms with van der Waals surface area (Å²) in [5.74, 6) is -0.995. The number of phenolic OH excluding ortho intramolecular Hbond substituents is 1. The van der Waals surface area contributed by atoms with E-state index in [2.05, 4.69) is 4.98 Å². The number of aromatic nitrogens is 1. The summed E-state index contributed by atoms with van der Waals surface area (Å²) in [7, 11) is 0. The van der Waals surface area contributed by atoms with Crippen molar-refractivity contribution in [2.24, 2.45) is 0 Å². The monoisotopic (exact) mass is 177 g/mol. The molecular weight excluding hydrogens is 169 g/mol. The molecule has 66 valence electrons. The Morgan fingerprint density at radius 2 is 2.23 bits per heavy atom. The van der Waals surface area contributed by atoms with Crippen molar-refractivity contribution in [3.8, 4) is 5.75 Å². The molecule has 0 aliphatic rings. The van der Waals surface area contributed by atoms with Gasteiger partial charge in [0.15, 0.2) is 11.6 Å². The maximum Gasteiger partial charge on any atom is 0.178 e. The molecule has 1 N–H and O–H groups in total. The van der Waals surface area contributed by atoms with Crippen LogP contribution in [0.25, 0.3) is 10.9 Å². The molecule has 13 heavy (non-hydrogen) atoms. The number of aryl methyl sites for hydroxylation is 1. The topological polar surface area (TPSA) is 33.1 Å². The first kappa shape index (κ1) is 7.98. The average Bonchev–Trinajstić information content (AvgIpc) is 2.15. The standard InChI is InChI=1S/C10H8FNO/c1-6-5-8(11)10(13)9-7(6)3-2-4-12-9/h2-5,13H,1H3. The molecule has 0 atom stereocenters. The molecule has 0 spiro atoms. The second kappa shape index (κ2) is 2.69. The van der Waals surface area contributed by atoms with Gasteiger partial charge in [-0.25, -0.2) is 4.39 Å². The van der Waals surface area contributed by atoms with E-state index in [1.165, 1.54) is 12.3 Å². The largest absolute Gasteiger partial charge is 0.503 e. The second-order valence-corrected chi connectivity index (χ2v) is 2.92. The molecule has 0 saturated heterocycles. The molecule has 0 amide bonds. The fourth-order valence-electron chi connectivity index (χ4n) is 1.36. The number of hydrogen-bond donors (Lipinski definition) is 1. The summed E-state index contributed by atoms with van der Waals surface area (Å²) in [6.45, 7) is 1.78. The van der Waals surface area contributed by atoms with Gasteiger partial charge in [-0.3, -0.25) is 4.98 Å². The Hall–Kier alpha value is -1.64. The summed E-state index contributed by atoms with van der Waals surface area (Å²) in [6, 6.07) is 4.86. The van der Waals surface area contributed by atoms with Gasteiger partial charge >= 0.3 is 0 Å². The van der Waals surface area contributed by atoms with Crippen molar-refractivity contribution >= 4 is 10.9 Å². The number of hydrogen-bond acceptors (Lipinski definition) is 2. The number of pyridine rings is 1. The molecule has 2 nitrogen and oxygen atoms in total. The number of nitrogens with zero attached hydrogens (tertiary/aromatic N) is 1. The Bertz CT molecular complexity index is 468. The zero-order valence-corrected chi connectivity index (χ0v) is 7.08. The number of halogens is 1. The van der Waals surface area contributed by atoms with Gasteiger partial charge in [0, 0.05) is 11.6 Å². The van der Waals surface area contributed by atoms with E-state index in [4.69, 9.17) is 0 Å². The molecule has 0 radical (unpaired) electrons. The summed E-state index contributed by atoms with van der Waals surface area (Å²) in [6.07, 6.45) is 1.53. The van der Waals surface area contributed by atoms with Crippen molar-refractivity contribution in [1.82, 2.24) is 4.98 Å². The molecule has 1 aromatic carbocycles. The fourth-order valence-corrected chi connectivity index (χ4v) is 1.36. The van der Waals surface area contributed by atoms with Crippen LogP contribution < -0.4 is 0 Å². The molecule has 2 rings (SSSR count). The molecular formula is C10H8FNO. The van der Waals surface area contributed by atoms with Crippen LogP contribution in [0.5, 0.6) is 5.75 Å². The quantitative estimate of drug-likeness (QED) is 0.670. The molecule has 0 aliphatic heterocycles. The van der Waals surface area contributed by atoms with E-state index in [0.29, 0.717) is 5.52 Å². The lowest BCUT2D eigenvalue weighted by atomic mass is 10.1. The van der Waals surface area contributed by atoms with Crippen molar-refractivity contribution in [3.05, 3.63) is 35.8 Å². The van der Waals surface area contributed by atoms with Crippen LogP contribution in [0.15, 0.2) is 24.4 Å². The Morgan fingerprint density at radius 1 is 1.46 bits per heavy atom. The van der Waals surface area contributed by atoms with Gasteiger partial charge < -0.3 is 5.11 Å². The molecule has 3 heteroatoms. The average molecular weight is 177 g/mol. The van der Waals surface area contributed by atoms with E-state index < -0.39 is 5.82 Å². The Morgan fingerprint density at radius 3 is 3.00 bits per heavy atom. The molecule has 1 aromatic heterocycles. The Labute approximate surface area is 74.7 Å². The summed E-state index contributed by atoms with van der Waals surface area (Å²) < 4.78 is 13.0. The van der Waals surface area contributed by atoms with Crippen LogP contribution in [0.1, 0.15) is 5.56 Å². The summed E-state index contributed by atoms with van der Waals surface area (Å²) >= 11 is 0. The van der Waals surface area contributed by atoms with Crippen LogP contribution >= 0.6 is 0 Å². The maximum absolute atomic E-state index is 13.0. The van der Waals surface area contributed by atoms with Crippen LogP contribution in [0.2, 0.25) is 0 Å². The van der Waals surface area contributed by atoms with Gasteiger partial charge in [0.2, 0.25) is 0 Å². The van der Waals surface area contributed by atoms with E-state index in [9.17, 15) is 9.50 Å². The van der Waals surface area contributed by atoms with E-state index in [0.717, 1.165) is 10.9 Å². The normalized spacial score (nSPS) is 10.6. The van der Waals surface area contributed by atoms with Crippen molar-refractivity contribution in [3.63, 3.8) is 0 Å². The van der Waals surface area contributed by atoms with Gasteiger partial charge in [0.25, 0.3) is 0 Å². The lowest BCUT2D eigenvalue weighted by Gasteiger charge is -2.03.